The molecule has 3 N–H and O–H groups in total. The Morgan fingerprint density at radius 3 is 2.41 bits per heavy atom. The molecule has 0 fully saturated rings. The maximum atomic E-state index is 11.7. The molecule has 5 rings (SSSR count). The van der Waals surface area contributed by atoms with Crippen LogP contribution >= 0.6 is 0 Å². The summed E-state index contributed by atoms with van der Waals surface area (Å²) in [6.07, 6.45) is 0.829. The largest absolute Gasteiger partial charge is 0.478 e. The molecule has 5 aromatic rings. The highest BCUT2D eigenvalue weighted by Crippen LogP contribution is 2.36. The van der Waals surface area contributed by atoms with Crippen molar-refractivity contribution in [3.05, 3.63) is 93.7 Å². The normalized spacial score (nSPS) is 12.2. The summed E-state index contributed by atoms with van der Waals surface area (Å²) in [4.78, 5) is 34.6. The van der Waals surface area contributed by atoms with Crippen molar-refractivity contribution in [3.63, 3.8) is 0 Å². The summed E-state index contributed by atoms with van der Waals surface area (Å²) < 4.78 is 4.75. The van der Waals surface area contributed by atoms with Crippen molar-refractivity contribution in [3.8, 4) is 22.5 Å². The van der Waals surface area contributed by atoms with E-state index in [1.165, 1.54) is 0 Å². The molecule has 3 aromatic carbocycles. The van der Waals surface area contributed by atoms with E-state index in [4.69, 9.17) is 4.52 Å². The van der Waals surface area contributed by atoms with Gasteiger partial charge in [-0.25, -0.2) is 14.6 Å². The topological polar surface area (TPSA) is 125 Å². The number of rotatable bonds is 6. The summed E-state index contributed by atoms with van der Waals surface area (Å²) in [5.74, 6) is -0.543. The number of benzene rings is 3. The van der Waals surface area contributed by atoms with Crippen molar-refractivity contribution in [1.82, 2.24) is 20.1 Å². The van der Waals surface area contributed by atoms with Crippen molar-refractivity contribution in [1.29, 1.82) is 0 Å². The second-order valence-corrected chi connectivity index (χ2v) is 8.11. The van der Waals surface area contributed by atoms with Crippen LogP contribution in [0.5, 0.6) is 0 Å². The molecule has 1 unspecified atom stereocenters. The van der Waals surface area contributed by atoms with E-state index >= 15 is 0 Å². The van der Waals surface area contributed by atoms with E-state index in [9.17, 15) is 14.7 Å². The minimum atomic E-state index is -0.993. The smallest absolute Gasteiger partial charge is 0.460 e. The fraction of sp³-hybridized carbons (Fsp3) is 0.154. The van der Waals surface area contributed by atoms with Crippen LogP contribution in [0.15, 0.2) is 70.0 Å². The number of imidazole rings is 1. The summed E-state index contributed by atoms with van der Waals surface area (Å²) in [5, 5.41) is 12.1. The van der Waals surface area contributed by atoms with Gasteiger partial charge in [0.25, 0.3) is 0 Å². The van der Waals surface area contributed by atoms with Gasteiger partial charge in [0.1, 0.15) is 11.3 Å². The molecule has 0 saturated carbocycles. The van der Waals surface area contributed by atoms with Gasteiger partial charge in [-0.3, -0.25) is 0 Å². The Morgan fingerprint density at radius 1 is 1.03 bits per heavy atom. The molecule has 0 saturated heterocycles. The fourth-order valence-electron chi connectivity index (χ4n) is 4.51. The van der Waals surface area contributed by atoms with Gasteiger partial charge in [0.15, 0.2) is 5.82 Å². The molecule has 0 radical (unpaired) electrons. The minimum Gasteiger partial charge on any atom is -0.478 e. The SMILES string of the molecule is CCC(c1ccc(-c2ccccc2-c2nc(=O)o[nH]2)cc1)c1ccc(C(=O)O)c2nc(C)[nH]c12. The number of aromatic carboxylic acids is 1. The third-order valence-electron chi connectivity index (χ3n) is 6.05. The number of nitrogens with zero attached hydrogens (tertiary/aromatic N) is 2. The number of carboxylic acids is 1. The van der Waals surface area contributed by atoms with Gasteiger partial charge in [0.2, 0.25) is 0 Å². The first-order valence-corrected chi connectivity index (χ1v) is 10.9. The Morgan fingerprint density at radius 2 is 1.76 bits per heavy atom. The average molecular weight is 454 g/mol. The highest BCUT2D eigenvalue weighted by atomic mass is 16.5. The quantitative estimate of drug-likeness (QED) is 0.327. The van der Waals surface area contributed by atoms with Gasteiger partial charge in [-0.15, -0.1) is 0 Å². The van der Waals surface area contributed by atoms with E-state index in [0.29, 0.717) is 17.2 Å². The summed E-state index contributed by atoms with van der Waals surface area (Å²) in [5.41, 5.74) is 6.21. The number of fused-ring (bicyclic) bond motifs is 1. The van der Waals surface area contributed by atoms with Crippen LogP contribution in [0.25, 0.3) is 33.5 Å². The number of nitrogens with one attached hydrogen (secondary N) is 2. The van der Waals surface area contributed by atoms with Gasteiger partial charge in [-0.1, -0.05) is 61.5 Å². The van der Waals surface area contributed by atoms with Crippen LogP contribution in [0.1, 0.15) is 46.6 Å². The van der Waals surface area contributed by atoms with E-state index < -0.39 is 11.7 Å². The highest BCUT2D eigenvalue weighted by Gasteiger charge is 2.21. The molecule has 8 heteroatoms. The van der Waals surface area contributed by atoms with E-state index in [-0.39, 0.29) is 11.5 Å². The summed E-state index contributed by atoms with van der Waals surface area (Å²) in [6.45, 7) is 3.93. The second-order valence-electron chi connectivity index (χ2n) is 8.11. The predicted octanol–water partition coefficient (Wildman–Crippen LogP) is 5.12. The lowest BCUT2D eigenvalue weighted by molar-refractivity contribution is 0.0699. The number of aromatic amines is 2. The monoisotopic (exact) mass is 454 g/mol. The molecule has 0 aliphatic rings. The summed E-state index contributed by atoms with van der Waals surface area (Å²) in [7, 11) is 0. The number of aryl methyl sites for hydroxylation is 1. The lowest BCUT2D eigenvalue weighted by atomic mass is 9.86. The van der Waals surface area contributed by atoms with Crippen LogP contribution in [0, 0.1) is 6.92 Å². The third kappa shape index (κ3) is 3.69. The molecule has 0 aliphatic heterocycles. The molecule has 2 aromatic heterocycles. The summed E-state index contributed by atoms with van der Waals surface area (Å²) in [6, 6.07) is 19.4. The molecule has 8 nitrogen and oxygen atoms in total. The summed E-state index contributed by atoms with van der Waals surface area (Å²) >= 11 is 0. The number of carbonyl (C=O) groups is 1. The van der Waals surface area contributed by atoms with Gasteiger partial charge >= 0.3 is 11.7 Å². The molecular weight excluding hydrogens is 432 g/mol. The van der Waals surface area contributed by atoms with Crippen molar-refractivity contribution in [2.45, 2.75) is 26.2 Å². The van der Waals surface area contributed by atoms with E-state index in [1.807, 2.05) is 49.4 Å². The molecule has 170 valence electrons. The lowest BCUT2D eigenvalue weighted by Gasteiger charge is -2.18. The molecule has 34 heavy (non-hydrogen) atoms. The van der Waals surface area contributed by atoms with Crippen LogP contribution in [0.3, 0.4) is 0 Å². The van der Waals surface area contributed by atoms with Gasteiger partial charge in [-0.05, 0) is 41.7 Å². The number of hydrogen-bond acceptors (Lipinski definition) is 5. The highest BCUT2D eigenvalue weighted by molar-refractivity contribution is 6.02. The van der Waals surface area contributed by atoms with Crippen LogP contribution in [0.2, 0.25) is 0 Å². The van der Waals surface area contributed by atoms with Crippen LogP contribution < -0.4 is 5.76 Å². The maximum absolute atomic E-state index is 11.7. The number of H-pyrrole nitrogens is 2. The first-order valence-electron chi connectivity index (χ1n) is 10.9. The van der Waals surface area contributed by atoms with Crippen LogP contribution in [-0.2, 0) is 0 Å². The molecule has 0 aliphatic carbocycles. The number of hydrogen-bond donors (Lipinski definition) is 3. The maximum Gasteiger partial charge on any atom is 0.460 e. The fourth-order valence-corrected chi connectivity index (χ4v) is 4.51. The van der Waals surface area contributed by atoms with Gasteiger partial charge in [0.05, 0.1) is 11.1 Å². The molecule has 0 bridgehead atoms. The van der Waals surface area contributed by atoms with Crippen LogP contribution in [0.4, 0.5) is 0 Å². The molecule has 2 heterocycles. The predicted molar refractivity (Wildman–Crippen MR) is 128 cm³/mol. The Labute approximate surface area is 194 Å². The van der Waals surface area contributed by atoms with E-state index in [0.717, 1.165) is 39.8 Å². The Kier molecular flexibility index (Phi) is 5.33. The average Bonchev–Trinajstić information content (AvgIpc) is 3.45. The molecule has 0 amide bonds. The van der Waals surface area contributed by atoms with Crippen molar-refractivity contribution < 1.29 is 14.4 Å². The van der Waals surface area contributed by atoms with Crippen molar-refractivity contribution >= 4 is 17.0 Å². The van der Waals surface area contributed by atoms with Crippen LogP contribution in [-0.4, -0.2) is 31.2 Å². The van der Waals surface area contributed by atoms with Gasteiger partial charge < -0.3 is 14.6 Å². The Balaban J connectivity index is 1.55. The van der Waals surface area contributed by atoms with Gasteiger partial charge in [0, 0.05) is 11.5 Å². The first-order chi connectivity index (χ1) is 16.5. The van der Waals surface area contributed by atoms with Crippen molar-refractivity contribution in [2.24, 2.45) is 0 Å². The van der Waals surface area contributed by atoms with E-state index in [2.05, 4.69) is 39.2 Å². The second kappa shape index (κ2) is 8.47. The van der Waals surface area contributed by atoms with Gasteiger partial charge in [-0.2, -0.15) is 10.1 Å². The lowest BCUT2D eigenvalue weighted by Crippen LogP contribution is -2.04. The molecule has 1 atom stereocenters. The molecular formula is C26H22N4O4. The Bertz CT molecular complexity index is 1560. The third-order valence-corrected chi connectivity index (χ3v) is 6.05. The van der Waals surface area contributed by atoms with E-state index in [1.54, 1.807) is 6.07 Å². The Hall–Kier alpha value is -4.46. The van der Waals surface area contributed by atoms with Crippen molar-refractivity contribution in [2.75, 3.05) is 0 Å². The standard InChI is InChI=1S/C26H22N4O4/c1-3-17(19-12-13-21(25(31)32)23-22(19)27-14(2)28-23)15-8-10-16(11-9-15)18-6-4-5-7-20(18)24-29-26(33)34-30-24/h4-13,17H,3H2,1-2H3,(H,27,28)(H,31,32)(H,29,30,33). The first kappa shape index (κ1) is 21.4. The number of carboxylic acid groups (broad SMARTS) is 1. The molecule has 0 spiro atoms. The number of aromatic nitrogens is 4. The zero-order valence-electron chi connectivity index (χ0n) is 18.6. The zero-order chi connectivity index (χ0) is 23.8. The minimum absolute atomic E-state index is 0.0568. The zero-order valence-corrected chi connectivity index (χ0v) is 18.6.